The highest BCUT2D eigenvalue weighted by Gasteiger charge is 2.21. The molecule has 1 saturated heterocycles. The summed E-state index contributed by atoms with van der Waals surface area (Å²) in [7, 11) is 0. The maximum absolute atomic E-state index is 5.82. The maximum atomic E-state index is 5.82. The highest BCUT2D eigenvalue weighted by Crippen LogP contribution is 2.31. The van der Waals surface area contributed by atoms with Crippen LogP contribution in [0.3, 0.4) is 0 Å². The standard InChI is InChI=1S/C15H22N2O/c1-12-11-14-13(3-2-4-15(14)18-12)5-8-17-9-6-16-7-10-17/h2-4,12,16H,5-11H2,1H3. The van der Waals surface area contributed by atoms with E-state index in [1.165, 1.54) is 30.8 Å². The summed E-state index contributed by atoms with van der Waals surface area (Å²) in [6, 6.07) is 6.50. The van der Waals surface area contributed by atoms with Crippen LogP contribution in [0.4, 0.5) is 0 Å². The first-order valence-corrected chi connectivity index (χ1v) is 7.03. The van der Waals surface area contributed by atoms with Gasteiger partial charge >= 0.3 is 0 Å². The third-order valence-corrected chi connectivity index (χ3v) is 3.96. The van der Waals surface area contributed by atoms with E-state index in [0.29, 0.717) is 6.10 Å². The second kappa shape index (κ2) is 5.29. The van der Waals surface area contributed by atoms with Crippen LogP contribution in [0.1, 0.15) is 18.1 Å². The molecule has 0 saturated carbocycles. The summed E-state index contributed by atoms with van der Waals surface area (Å²) in [5, 5.41) is 3.40. The molecule has 1 unspecified atom stereocenters. The van der Waals surface area contributed by atoms with Gasteiger partial charge in [-0.3, -0.25) is 0 Å². The Bertz CT molecular complexity index is 413. The largest absolute Gasteiger partial charge is 0.490 e. The van der Waals surface area contributed by atoms with Gasteiger partial charge in [0.25, 0.3) is 0 Å². The number of fused-ring (bicyclic) bond motifs is 1. The quantitative estimate of drug-likeness (QED) is 0.874. The van der Waals surface area contributed by atoms with Crippen molar-refractivity contribution in [2.24, 2.45) is 0 Å². The molecule has 2 aliphatic heterocycles. The number of benzene rings is 1. The first kappa shape index (κ1) is 12.0. The fraction of sp³-hybridized carbons (Fsp3) is 0.600. The topological polar surface area (TPSA) is 24.5 Å². The molecule has 3 heteroatoms. The van der Waals surface area contributed by atoms with Gasteiger partial charge in [-0.15, -0.1) is 0 Å². The molecule has 1 N–H and O–H groups in total. The van der Waals surface area contributed by atoms with E-state index in [0.717, 1.165) is 31.7 Å². The van der Waals surface area contributed by atoms with Gasteiger partial charge in [0, 0.05) is 44.7 Å². The Balaban J connectivity index is 1.64. The molecule has 1 aromatic carbocycles. The van der Waals surface area contributed by atoms with E-state index in [9.17, 15) is 0 Å². The van der Waals surface area contributed by atoms with Crippen LogP contribution in [0.2, 0.25) is 0 Å². The fourth-order valence-electron chi connectivity index (χ4n) is 2.95. The minimum absolute atomic E-state index is 0.348. The lowest BCUT2D eigenvalue weighted by molar-refractivity contribution is 0.244. The van der Waals surface area contributed by atoms with Gasteiger partial charge < -0.3 is 15.0 Å². The summed E-state index contributed by atoms with van der Waals surface area (Å²) in [6.07, 6.45) is 2.58. The number of hydrogen-bond acceptors (Lipinski definition) is 3. The molecule has 0 aliphatic carbocycles. The molecule has 0 amide bonds. The van der Waals surface area contributed by atoms with Crippen LogP contribution >= 0.6 is 0 Å². The lowest BCUT2D eigenvalue weighted by atomic mass is 10.0. The number of piperazine rings is 1. The molecule has 1 fully saturated rings. The fourth-order valence-corrected chi connectivity index (χ4v) is 2.95. The van der Waals surface area contributed by atoms with Gasteiger partial charge in [0.2, 0.25) is 0 Å². The predicted octanol–water partition coefficient (Wildman–Crippen LogP) is 1.46. The van der Waals surface area contributed by atoms with Crippen LogP contribution < -0.4 is 10.1 Å². The van der Waals surface area contributed by atoms with E-state index in [4.69, 9.17) is 4.74 Å². The summed E-state index contributed by atoms with van der Waals surface area (Å²) >= 11 is 0. The second-order valence-electron chi connectivity index (χ2n) is 5.37. The van der Waals surface area contributed by atoms with Crippen molar-refractivity contribution in [2.45, 2.75) is 25.9 Å². The summed E-state index contributed by atoms with van der Waals surface area (Å²) < 4.78 is 5.82. The van der Waals surface area contributed by atoms with E-state index in [2.05, 4.69) is 35.3 Å². The minimum atomic E-state index is 0.348. The molecular formula is C15H22N2O. The van der Waals surface area contributed by atoms with Crippen molar-refractivity contribution in [2.75, 3.05) is 32.7 Å². The Morgan fingerprint density at radius 3 is 3.00 bits per heavy atom. The van der Waals surface area contributed by atoms with Crippen molar-refractivity contribution in [1.82, 2.24) is 10.2 Å². The molecule has 18 heavy (non-hydrogen) atoms. The molecule has 0 radical (unpaired) electrons. The van der Waals surface area contributed by atoms with Gasteiger partial charge in [0.05, 0.1) is 0 Å². The van der Waals surface area contributed by atoms with Crippen LogP contribution in [-0.4, -0.2) is 43.7 Å². The highest BCUT2D eigenvalue weighted by atomic mass is 16.5. The summed E-state index contributed by atoms with van der Waals surface area (Å²) in [6.45, 7) is 7.95. The zero-order valence-corrected chi connectivity index (χ0v) is 11.1. The second-order valence-corrected chi connectivity index (χ2v) is 5.37. The average Bonchev–Trinajstić information content (AvgIpc) is 2.78. The Kier molecular flexibility index (Phi) is 3.52. The van der Waals surface area contributed by atoms with Crippen LogP contribution in [0.15, 0.2) is 18.2 Å². The lowest BCUT2D eigenvalue weighted by Crippen LogP contribution is -2.44. The number of nitrogens with one attached hydrogen (secondary N) is 1. The van der Waals surface area contributed by atoms with Gasteiger partial charge in [-0.2, -0.15) is 0 Å². The minimum Gasteiger partial charge on any atom is -0.490 e. The molecule has 3 rings (SSSR count). The molecule has 1 aromatic rings. The normalized spacial score (nSPS) is 23.7. The van der Waals surface area contributed by atoms with Crippen LogP contribution in [0.25, 0.3) is 0 Å². The lowest BCUT2D eigenvalue weighted by Gasteiger charge is -2.27. The van der Waals surface area contributed by atoms with E-state index in [1.54, 1.807) is 0 Å². The Hall–Kier alpha value is -1.06. The SMILES string of the molecule is CC1Cc2c(CCN3CCNCC3)cccc2O1. The van der Waals surface area contributed by atoms with Crippen molar-refractivity contribution in [1.29, 1.82) is 0 Å². The van der Waals surface area contributed by atoms with E-state index in [-0.39, 0.29) is 0 Å². The predicted molar refractivity (Wildman–Crippen MR) is 73.2 cm³/mol. The smallest absolute Gasteiger partial charge is 0.123 e. The Morgan fingerprint density at radius 1 is 1.33 bits per heavy atom. The number of nitrogens with zero attached hydrogens (tertiary/aromatic N) is 1. The maximum Gasteiger partial charge on any atom is 0.123 e. The molecule has 3 nitrogen and oxygen atoms in total. The number of ether oxygens (including phenoxy) is 1. The first-order chi connectivity index (χ1) is 8.83. The van der Waals surface area contributed by atoms with Crippen molar-refractivity contribution in [3.05, 3.63) is 29.3 Å². The zero-order valence-electron chi connectivity index (χ0n) is 11.1. The van der Waals surface area contributed by atoms with Crippen molar-refractivity contribution in [3.8, 4) is 5.75 Å². The van der Waals surface area contributed by atoms with E-state index < -0.39 is 0 Å². The highest BCUT2D eigenvalue weighted by molar-refractivity contribution is 5.43. The average molecular weight is 246 g/mol. The van der Waals surface area contributed by atoms with Crippen LogP contribution in [0.5, 0.6) is 5.75 Å². The van der Waals surface area contributed by atoms with E-state index >= 15 is 0 Å². The Morgan fingerprint density at radius 2 is 2.17 bits per heavy atom. The summed E-state index contributed by atoms with van der Waals surface area (Å²) in [4.78, 5) is 2.55. The van der Waals surface area contributed by atoms with Gasteiger partial charge in [-0.1, -0.05) is 12.1 Å². The van der Waals surface area contributed by atoms with Gasteiger partial charge in [-0.05, 0) is 25.0 Å². The molecular weight excluding hydrogens is 224 g/mol. The number of hydrogen-bond donors (Lipinski definition) is 1. The molecule has 0 spiro atoms. The Labute approximate surface area is 109 Å². The van der Waals surface area contributed by atoms with E-state index in [1.807, 2.05) is 0 Å². The third kappa shape index (κ3) is 2.52. The summed E-state index contributed by atoms with van der Waals surface area (Å²) in [5.74, 6) is 1.11. The molecule has 0 aromatic heterocycles. The van der Waals surface area contributed by atoms with Gasteiger partial charge in [0.15, 0.2) is 0 Å². The van der Waals surface area contributed by atoms with Crippen molar-refractivity contribution >= 4 is 0 Å². The van der Waals surface area contributed by atoms with Crippen LogP contribution in [0, 0.1) is 0 Å². The molecule has 98 valence electrons. The number of rotatable bonds is 3. The zero-order chi connectivity index (χ0) is 12.4. The third-order valence-electron chi connectivity index (χ3n) is 3.96. The van der Waals surface area contributed by atoms with Gasteiger partial charge in [-0.25, -0.2) is 0 Å². The molecule has 1 atom stereocenters. The van der Waals surface area contributed by atoms with Crippen molar-refractivity contribution in [3.63, 3.8) is 0 Å². The van der Waals surface area contributed by atoms with Crippen LogP contribution in [-0.2, 0) is 12.8 Å². The first-order valence-electron chi connectivity index (χ1n) is 7.03. The summed E-state index contributed by atoms with van der Waals surface area (Å²) in [5.41, 5.74) is 2.93. The van der Waals surface area contributed by atoms with Crippen molar-refractivity contribution < 1.29 is 4.74 Å². The molecule has 0 bridgehead atoms. The monoisotopic (exact) mass is 246 g/mol. The van der Waals surface area contributed by atoms with Gasteiger partial charge in [0.1, 0.15) is 11.9 Å². The molecule has 2 heterocycles. The molecule has 2 aliphatic rings.